The molecule has 1 heterocycles. The van der Waals surface area contributed by atoms with Gasteiger partial charge in [-0.15, -0.1) is 11.8 Å². The predicted molar refractivity (Wildman–Crippen MR) is 96.7 cm³/mol. The van der Waals surface area contributed by atoms with Crippen molar-refractivity contribution >= 4 is 27.5 Å². The standard InChI is InChI=1S/C18H19NO3S2/c20-18(19-15-11-12-24(21,22)13-15)17(14-7-3-1-4-8-14)23-16-9-5-2-6-10-16/h1-10,15,17H,11-13H2,(H,19,20)/t15-,17-/m0/s1. The van der Waals surface area contributed by atoms with Crippen molar-refractivity contribution in [1.82, 2.24) is 5.32 Å². The zero-order chi connectivity index (χ0) is 17.0. The summed E-state index contributed by atoms with van der Waals surface area (Å²) in [6, 6.07) is 19.0. The fourth-order valence-corrected chi connectivity index (χ4v) is 5.45. The molecule has 1 N–H and O–H groups in total. The molecule has 0 spiro atoms. The minimum Gasteiger partial charge on any atom is -0.351 e. The summed E-state index contributed by atoms with van der Waals surface area (Å²) in [5, 5.41) is 2.51. The highest BCUT2D eigenvalue weighted by atomic mass is 32.2. The molecule has 4 nitrogen and oxygen atoms in total. The van der Waals surface area contributed by atoms with Crippen molar-refractivity contribution in [3.63, 3.8) is 0 Å². The molecule has 24 heavy (non-hydrogen) atoms. The quantitative estimate of drug-likeness (QED) is 0.832. The van der Waals surface area contributed by atoms with E-state index in [0.717, 1.165) is 10.5 Å². The lowest BCUT2D eigenvalue weighted by molar-refractivity contribution is -0.121. The summed E-state index contributed by atoms with van der Waals surface area (Å²) in [6.45, 7) is 0. The lowest BCUT2D eigenvalue weighted by atomic mass is 10.1. The third-order valence-electron chi connectivity index (χ3n) is 3.92. The number of nitrogens with one attached hydrogen (secondary N) is 1. The first-order valence-corrected chi connectivity index (χ1v) is 10.5. The van der Waals surface area contributed by atoms with Gasteiger partial charge >= 0.3 is 0 Å². The Morgan fingerprint density at radius 1 is 1.04 bits per heavy atom. The number of sulfone groups is 1. The molecule has 126 valence electrons. The van der Waals surface area contributed by atoms with Crippen LogP contribution in [0.2, 0.25) is 0 Å². The second-order valence-electron chi connectivity index (χ2n) is 5.83. The summed E-state index contributed by atoms with van der Waals surface area (Å²) in [7, 11) is -3.01. The molecule has 2 atom stereocenters. The van der Waals surface area contributed by atoms with E-state index in [9.17, 15) is 13.2 Å². The first-order valence-electron chi connectivity index (χ1n) is 7.81. The summed E-state index contributed by atoms with van der Waals surface area (Å²) in [5.41, 5.74) is 0.907. The maximum Gasteiger partial charge on any atom is 0.238 e. The molecule has 2 aromatic rings. The summed E-state index contributed by atoms with van der Waals surface area (Å²) >= 11 is 1.47. The zero-order valence-electron chi connectivity index (χ0n) is 13.1. The van der Waals surface area contributed by atoms with Gasteiger partial charge in [-0.05, 0) is 24.1 Å². The van der Waals surface area contributed by atoms with Gasteiger partial charge in [0.2, 0.25) is 5.91 Å². The topological polar surface area (TPSA) is 63.2 Å². The summed E-state index contributed by atoms with van der Waals surface area (Å²) in [6.07, 6.45) is 0.492. The Labute approximate surface area is 146 Å². The van der Waals surface area contributed by atoms with Gasteiger partial charge in [0.1, 0.15) is 5.25 Å². The van der Waals surface area contributed by atoms with Crippen LogP contribution in [-0.4, -0.2) is 31.9 Å². The average molecular weight is 361 g/mol. The lowest BCUT2D eigenvalue weighted by Gasteiger charge is -2.19. The van der Waals surface area contributed by atoms with Crippen molar-refractivity contribution in [3.05, 3.63) is 66.2 Å². The van der Waals surface area contributed by atoms with Crippen LogP contribution in [0.5, 0.6) is 0 Å². The van der Waals surface area contributed by atoms with Gasteiger partial charge in [0.05, 0.1) is 11.5 Å². The van der Waals surface area contributed by atoms with Gasteiger partial charge in [-0.3, -0.25) is 4.79 Å². The molecular formula is C18H19NO3S2. The van der Waals surface area contributed by atoms with Crippen molar-refractivity contribution in [3.8, 4) is 0 Å². The van der Waals surface area contributed by atoms with Crippen molar-refractivity contribution in [2.75, 3.05) is 11.5 Å². The molecule has 0 bridgehead atoms. The third-order valence-corrected chi connectivity index (χ3v) is 6.95. The first-order chi connectivity index (χ1) is 11.5. The normalized spacial score (nSPS) is 20.4. The van der Waals surface area contributed by atoms with Gasteiger partial charge < -0.3 is 5.32 Å². The lowest BCUT2D eigenvalue weighted by Crippen LogP contribution is -2.38. The van der Waals surface area contributed by atoms with E-state index in [2.05, 4.69) is 5.32 Å². The van der Waals surface area contributed by atoms with Crippen LogP contribution >= 0.6 is 11.8 Å². The maximum atomic E-state index is 12.8. The highest BCUT2D eigenvalue weighted by Gasteiger charge is 2.31. The SMILES string of the molecule is O=C(N[C@H]1CCS(=O)(=O)C1)[C@@H](Sc1ccccc1)c1ccccc1. The number of benzene rings is 2. The van der Waals surface area contributed by atoms with Gasteiger partial charge in [-0.2, -0.15) is 0 Å². The smallest absolute Gasteiger partial charge is 0.238 e. The van der Waals surface area contributed by atoms with E-state index < -0.39 is 15.1 Å². The van der Waals surface area contributed by atoms with Crippen LogP contribution in [0.4, 0.5) is 0 Å². The van der Waals surface area contributed by atoms with Gasteiger partial charge in [0.15, 0.2) is 9.84 Å². The fourth-order valence-electron chi connectivity index (χ4n) is 2.72. The molecule has 1 amide bonds. The molecule has 1 saturated heterocycles. The van der Waals surface area contributed by atoms with Crippen LogP contribution in [0.25, 0.3) is 0 Å². The molecule has 6 heteroatoms. The summed E-state index contributed by atoms with van der Waals surface area (Å²) in [4.78, 5) is 13.8. The zero-order valence-corrected chi connectivity index (χ0v) is 14.7. The average Bonchev–Trinajstić information content (AvgIpc) is 2.93. The van der Waals surface area contributed by atoms with E-state index in [1.807, 2.05) is 60.7 Å². The molecule has 1 aliphatic rings. The van der Waals surface area contributed by atoms with Crippen molar-refractivity contribution in [2.24, 2.45) is 0 Å². The van der Waals surface area contributed by atoms with Crippen LogP contribution in [0.15, 0.2) is 65.6 Å². The number of hydrogen-bond donors (Lipinski definition) is 1. The van der Waals surface area contributed by atoms with E-state index >= 15 is 0 Å². The van der Waals surface area contributed by atoms with Crippen LogP contribution < -0.4 is 5.32 Å². The molecule has 3 rings (SSSR count). The van der Waals surface area contributed by atoms with Crippen molar-refractivity contribution in [2.45, 2.75) is 22.6 Å². The van der Waals surface area contributed by atoms with E-state index in [0.29, 0.717) is 6.42 Å². The van der Waals surface area contributed by atoms with Crippen LogP contribution in [0.3, 0.4) is 0 Å². The summed E-state index contributed by atoms with van der Waals surface area (Å²) in [5.74, 6) is 0.0490. The number of carbonyl (C=O) groups is 1. The molecule has 0 saturated carbocycles. The number of hydrogen-bond acceptors (Lipinski definition) is 4. The number of amides is 1. The Hall–Kier alpha value is -1.79. The monoisotopic (exact) mass is 361 g/mol. The van der Waals surface area contributed by atoms with Gasteiger partial charge in [0.25, 0.3) is 0 Å². The maximum absolute atomic E-state index is 12.8. The third kappa shape index (κ3) is 4.39. The Balaban J connectivity index is 1.78. The Bertz CT molecular complexity index is 792. The van der Waals surface area contributed by atoms with E-state index in [1.165, 1.54) is 11.8 Å². The number of thioether (sulfide) groups is 1. The predicted octanol–water partition coefficient (Wildman–Crippen LogP) is 2.82. The molecule has 0 radical (unpaired) electrons. The van der Waals surface area contributed by atoms with Crippen LogP contribution in [0.1, 0.15) is 17.2 Å². The van der Waals surface area contributed by atoms with Gasteiger partial charge in [-0.25, -0.2) is 8.42 Å². The van der Waals surface area contributed by atoms with E-state index in [4.69, 9.17) is 0 Å². The highest BCUT2D eigenvalue weighted by Crippen LogP contribution is 2.35. The van der Waals surface area contributed by atoms with Crippen LogP contribution in [-0.2, 0) is 14.6 Å². The van der Waals surface area contributed by atoms with Crippen molar-refractivity contribution < 1.29 is 13.2 Å². The minimum atomic E-state index is -3.01. The van der Waals surface area contributed by atoms with E-state index in [1.54, 1.807) is 0 Å². The van der Waals surface area contributed by atoms with Gasteiger partial charge in [0, 0.05) is 10.9 Å². The highest BCUT2D eigenvalue weighted by molar-refractivity contribution is 8.00. The molecule has 2 aromatic carbocycles. The fraction of sp³-hybridized carbons (Fsp3) is 0.278. The van der Waals surface area contributed by atoms with Crippen LogP contribution in [0, 0.1) is 0 Å². The summed E-state index contributed by atoms with van der Waals surface area (Å²) < 4.78 is 23.2. The molecule has 1 fully saturated rings. The number of carbonyl (C=O) groups excluding carboxylic acids is 1. The Kier molecular flexibility index (Phi) is 5.26. The second-order valence-corrected chi connectivity index (χ2v) is 9.24. The molecule has 0 aliphatic carbocycles. The Morgan fingerprint density at radius 3 is 2.25 bits per heavy atom. The van der Waals surface area contributed by atoms with E-state index in [-0.39, 0.29) is 23.5 Å². The first kappa shape index (κ1) is 17.0. The second kappa shape index (κ2) is 7.40. The number of rotatable bonds is 5. The van der Waals surface area contributed by atoms with Gasteiger partial charge in [-0.1, -0.05) is 48.5 Å². The molecule has 0 aromatic heterocycles. The Morgan fingerprint density at radius 2 is 1.67 bits per heavy atom. The van der Waals surface area contributed by atoms with Crippen molar-refractivity contribution in [1.29, 1.82) is 0 Å². The minimum absolute atomic E-state index is 0.0379. The molecule has 0 unspecified atom stereocenters. The molecular weight excluding hydrogens is 342 g/mol. The molecule has 1 aliphatic heterocycles. The largest absolute Gasteiger partial charge is 0.351 e.